The second-order valence-corrected chi connectivity index (χ2v) is 13.7. The van der Waals surface area contributed by atoms with Gasteiger partial charge < -0.3 is 21.3 Å². The van der Waals surface area contributed by atoms with E-state index >= 15 is 0 Å². The zero-order valence-electron chi connectivity index (χ0n) is 31.8. The summed E-state index contributed by atoms with van der Waals surface area (Å²) in [6.07, 6.45) is 13.6. The number of hydrogen-bond donors (Lipinski definition) is 4. The number of carbonyl (C=O) groups is 4. The van der Waals surface area contributed by atoms with Gasteiger partial charge in [-0.3, -0.25) is 58.7 Å². The van der Waals surface area contributed by atoms with E-state index in [0.29, 0.717) is 78.5 Å². The monoisotopic (exact) mass is 764 g/mol. The fourth-order valence-corrected chi connectivity index (χ4v) is 6.06. The summed E-state index contributed by atoms with van der Waals surface area (Å²) in [4.78, 5) is 77.7. The lowest BCUT2D eigenvalue weighted by Crippen LogP contribution is -2.51. The maximum absolute atomic E-state index is 13.2. The van der Waals surface area contributed by atoms with Crippen LogP contribution in [0.5, 0.6) is 0 Å². The van der Waals surface area contributed by atoms with Gasteiger partial charge in [0.15, 0.2) is 0 Å². The van der Waals surface area contributed by atoms with Crippen LogP contribution in [-0.4, -0.2) is 142 Å². The molecule has 0 aromatic carbocycles. The van der Waals surface area contributed by atoms with Gasteiger partial charge in [-0.05, 0) is 46.5 Å². The first kappa shape index (κ1) is 41.5. The standard InChI is InChI=1S/C40H52N12O4/c53-37(45-25-33-5-1-9-41-21-33)29-49-13-15-50(30-38(54)46-26-34-6-2-10-42-22-34)17-19-52(32-40(56)48-28-36-8-4-12-44-24-36)20-18-51(16-14-49)31-39(55)47-27-35-7-3-11-43-23-35/h1-12,21-24H,13-20,25-32H2,(H,45,53)(H,46,54)(H,47,55)(H,48,56). The fraction of sp³-hybridized carbons (Fsp3) is 0.400. The number of carbonyl (C=O) groups excluding carboxylic acids is 4. The molecular weight excluding hydrogens is 713 g/mol. The minimum absolute atomic E-state index is 0.133. The SMILES string of the molecule is O=C(CN1CCN(CC(=O)NCc2cccnc2)CCN(CC(=O)NCc2cccnc2)CCN(CC(=O)NCc2cccnc2)CC1)NCc1cccnc1. The van der Waals surface area contributed by atoms with E-state index in [1.165, 1.54) is 0 Å². The highest BCUT2D eigenvalue weighted by Crippen LogP contribution is 2.04. The molecule has 4 aromatic heterocycles. The lowest BCUT2D eigenvalue weighted by Gasteiger charge is -2.33. The summed E-state index contributed by atoms with van der Waals surface area (Å²) in [6.45, 7) is 6.04. The summed E-state index contributed by atoms with van der Waals surface area (Å²) < 4.78 is 0. The first-order chi connectivity index (χ1) is 27.4. The van der Waals surface area contributed by atoms with E-state index in [9.17, 15) is 19.2 Å². The zero-order valence-corrected chi connectivity index (χ0v) is 31.8. The van der Waals surface area contributed by atoms with Crippen molar-refractivity contribution in [3.05, 3.63) is 120 Å². The summed E-state index contributed by atoms with van der Waals surface area (Å²) in [6, 6.07) is 15.0. The molecule has 16 heteroatoms. The Balaban J connectivity index is 1.26. The van der Waals surface area contributed by atoms with Gasteiger partial charge in [-0.1, -0.05) is 24.3 Å². The Bertz CT molecular complexity index is 1500. The van der Waals surface area contributed by atoms with Crippen LogP contribution in [0.15, 0.2) is 98.1 Å². The molecule has 0 spiro atoms. The molecule has 1 aliphatic rings. The van der Waals surface area contributed by atoms with Crippen molar-refractivity contribution < 1.29 is 19.2 Å². The average Bonchev–Trinajstić information content (AvgIpc) is 3.23. The third kappa shape index (κ3) is 16.0. The summed E-state index contributed by atoms with van der Waals surface area (Å²) in [7, 11) is 0. The highest BCUT2D eigenvalue weighted by Gasteiger charge is 2.22. The van der Waals surface area contributed by atoms with Crippen molar-refractivity contribution in [2.45, 2.75) is 26.2 Å². The number of aromatic nitrogens is 4. The number of nitrogens with zero attached hydrogens (tertiary/aromatic N) is 8. The first-order valence-electron chi connectivity index (χ1n) is 18.9. The predicted molar refractivity (Wildman–Crippen MR) is 210 cm³/mol. The number of amides is 4. The Morgan fingerprint density at radius 1 is 0.393 bits per heavy atom. The third-order valence-corrected chi connectivity index (χ3v) is 9.25. The van der Waals surface area contributed by atoms with E-state index < -0.39 is 0 Å². The fourth-order valence-electron chi connectivity index (χ4n) is 6.06. The maximum atomic E-state index is 13.2. The first-order valence-corrected chi connectivity index (χ1v) is 18.9. The Morgan fingerprint density at radius 2 is 0.607 bits per heavy atom. The number of rotatable bonds is 16. The van der Waals surface area contributed by atoms with E-state index in [-0.39, 0.29) is 49.8 Å². The van der Waals surface area contributed by atoms with Gasteiger partial charge in [-0.2, -0.15) is 0 Å². The minimum Gasteiger partial charge on any atom is -0.351 e. The molecule has 1 aliphatic heterocycles. The summed E-state index contributed by atoms with van der Waals surface area (Å²) >= 11 is 0. The molecule has 296 valence electrons. The van der Waals surface area contributed by atoms with Crippen molar-refractivity contribution in [2.24, 2.45) is 0 Å². The van der Waals surface area contributed by atoms with E-state index in [0.717, 1.165) is 22.3 Å². The van der Waals surface area contributed by atoms with E-state index in [1.54, 1.807) is 49.6 Å². The average molecular weight is 765 g/mol. The molecule has 16 nitrogen and oxygen atoms in total. The van der Waals surface area contributed by atoms with Crippen LogP contribution >= 0.6 is 0 Å². The maximum Gasteiger partial charge on any atom is 0.234 e. The van der Waals surface area contributed by atoms with Gasteiger partial charge in [-0.15, -0.1) is 0 Å². The van der Waals surface area contributed by atoms with Gasteiger partial charge in [0.05, 0.1) is 26.2 Å². The molecule has 4 amide bonds. The molecular formula is C40H52N12O4. The molecule has 0 saturated carbocycles. The molecule has 0 unspecified atom stereocenters. The van der Waals surface area contributed by atoms with Crippen LogP contribution in [-0.2, 0) is 45.4 Å². The molecule has 5 rings (SSSR count). The smallest absolute Gasteiger partial charge is 0.234 e. The highest BCUT2D eigenvalue weighted by molar-refractivity contribution is 5.79. The summed E-state index contributed by atoms with van der Waals surface area (Å²) in [5.41, 5.74) is 3.60. The summed E-state index contributed by atoms with van der Waals surface area (Å²) in [5.74, 6) is -0.534. The number of hydrogen-bond acceptors (Lipinski definition) is 12. The van der Waals surface area contributed by atoms with Crippen LogP contribution in [0.3, 0.4) is 0 Å². The van der Waals surface area contributed by atoms with Gasteiger partial charge in [0.25, 0.3) is 0 Å². The molecule has 0 aliphatic carbocycles. The van der Waals surface area contributed by atoms with Crippen molar-refractivity contribution in [2.75, 3.05) is 78.5 Å². The molecule has 56 heavy (non-hydrogen) atoms. The molecule has 0 radical (unpaired) electrons. The number of nitrogens with one attached hydrogen (secondary N) is 4. The Morgan fingerprint density at radius 3 is 0.786 bits per heavy atom. The molecule has 5 heterocycles. The van der Waals surface area contributed by atoms with Gasteiger partial charge in [-0.25, -0.2) is 0 Å². The van der Waals surface area contributed by atoms with Crippen LogP contribution in [0.1, 0.15) is 22.3 Å². The van der Waals surface area contributed by atoms with Gasteiger partial charge in [0.1, 0.15) is 0 Å². The highest BCUT2D eigenvalue weighted by atomic mass is 16.2. The Kier molecular flexibility index (Phi) is 17.3. The topological polar surface area (TPSA) is 181 Å². The van der Waals surface area contributed by atoms with Crippen LogP contribution in [0.25, 0.3) is 0 Å². The second-order valence-electron chi connectivity index (χ2n) is 13.7. The molecule has 0 bridgehead atoms. The molecule has 0 atom stereocenters. The quantitative estimate of drug-likeness (QED) is 0.121. The van der Waals surface area contributed by atoms with E-state index in [1.807, 2.05) is 48.5 Å². The van der Waals surface area contributed by atoms with Crippen molar-refractivity contribution in [1.82, 2.24) is 60.8 Å². The van der Waals surface area contributed by atoms with Crippen LogP contribution in [0, 0.1) is 0 Å². The molecule has 1 saturated heterocycles. The van der Waals surface area contributed by atoms with Crippen LogP contribution < -0.4 is 21.3 Å². The number of pyridine rings is 4. The van der Waals surface area contributed by atoms with Gasteiger partial charge in [0.2, 0.25) is 23.6 Å². The zero-order chi connectivity index (χ0) is 39.2. The second kappa shape index (κ2) is 23.3. The molecule has 4 N–H and O–H groups in total. The molecule has 1 fully saturated rings. The Labute approximate surface area is 328 Å². The van der Waals surface area contributed by atoms with Crippen molar-refractivity contribution in [1.29, 1.82) is 0 Å². The predicted octanol–water partition coefficient (Wildman–Crippen LogP) is 0.0536. The third-order valence-electron chi connectivity index (χ3n) is 9.25. The lowest BCUT2D eigenvalue weighted by atomic mass is 10.2. The van der Waals surface area contributed by atoms with Crippen molar-refractivity contribution in [3.63, 3.8) is 0 Å². The molecule has 4 aromatic rings. The van der Waals surface area contributed by atoms with Crippen LogP contribution in [0.4, 0.5) is 0 Å². The largest absolute Gasteiger partial charge is 0.351 e. The minimum atomic E-state index is -0.133. The van der Waals surface area contributed by atoms with Gasteiger partial charge in [0, 0.05) is 128 Å². The Hall–Kier alpha value is -5.68. The normalized spacial score (nSPS) is 15.1. The van der Waals surface area contributed by atoms with Crippen molar-refractivity contribution >= 4 is 23.6 Å². The lowest BCUT2D eigenvalue weighted by molar-refractivity contribution is -0.125. The van der Waals surface area contributed by atoms with Gasteiger partial charge >= 0.3 is 0 Å². The van der Waals surface area contributed by atoms with Crippen molar-refractivity contribution in [3.8, 4) is 0 Å². The summed E-state index contributed by atoms with van der Waals surface area (Å²) in [5, 5.41) is 12.0. The van der Waals surface area contributed by atoms with E-state index in [4.69, 9.17) is 0 Å². The van der Waals surface area contributed by atoms with Crippen LogP contribution in [0.2, 0.25) is 0 Å². The van der Waals surface area contributed by atoms with E-state index in [2.05, 4.69) is 60.8 Å².